The molecule has 3 heterocycles. The van der Waals surface area contributed by atoms with E-state index in [1.165, 1.54) is 0 Å². The SMILES string of the molecule is Cc1nn(C)c(C)c1-c1cc(C(=O)N2CCC[C@@H](C(=O)O)[C@H]2C)[nH]n1. The van der Waals surface area contributed by atoms with Crippen molar-refractivity contribution in [2.24, 2.45) is 13.0 Å². The van der Waals surface area contributed by atoms with Gasteiger partial charge < -0.3 is 10.0 Å². The number of hydrogen-bond acceptors (Lipinski definition) is 4. The number of nitrogens with zero attached hydrogens (tertiary/aromatic N) is 4. The second-order valence-corrected chi connectivity index (χ2v) is 6.66. The number of hydrogen-bond donors (Lipinski definition) is 2. The largest absolute Gasteiger partial charge is 0.481 e. The van der Waals surface area contributed by atoms with Gasteiger partial charge in [0.1, 0.15) is 5.69 Å². The van der Waals surface area contributed by atoms with E-state index in [0.717, 1.165) is 17.0 Å². The maximum atomic E-state index is 12.8. The summed E-state index contributed by atoms with van der Waals surface area (Å²) in [6.45, 7) is 6.21. The highest BCUT2D eigenvalue weighted by molar-refractivity contribution is 5.94. The fraction of sp³-hybridized carbons (Fsp3) is 0.529. The van der Waals surface area contributed by atoms with E-state index in [-0.39, 0.29) is 11.9 Å². The summed E-state index contributed by atoms with van der Waals surface area (Å²) in [7, 11) is 1.87. The minimum absolute atomic E-state index is 0.212. The standard InChI is InChI=1S/C17H23N5O3/c1-9-15(11(3)21(4)20-9)13-8-14(19-18-13)16(23)22-7-5-6-12(10(22)2)17(24)25/h8,10,12H,5-7H2,1-4H3,(H,18,19)(H,24,25)/t10-,12-/m1/s1. The lowest BCUT2D eigenvalue weighted by molar-refractivity contribution is -0.144. The Morgan fingerprint density at radius 2 is 2.08 bits per heavy atom. The molecule has 0 aromatic carbocycles. The molecule has 0 unspecified atom stereocenters. The summed E-state index contributed by atoms with van der Waals surface area (Å²) in [5.41, 5.74) is 3.78. The van der Waals surface area contributed by atoms with Gasteiger partial charge in [-0.15, -0.1) is 0 Å². The predicted octanol–water partition coefficient (Wildman–Crippen LogP) is 1.75. The topological polar surface area (TPSA) is 104 Å². The maximum Gasteiger partial charge on any atom is 0.308 e. The Hall–Kier alpha value is -2.64. The lowest BCUT2D eigenvalue weighted by atomic mass is 9.90. The van der Waals surface area contributed by atoms with E-state index in [4.69, 9.17) is 0 Å². The van der Waals surface area contributed by atoms with Gasteiger partial charge in [-0.2, -0.15) is 10.2 Å². The van der Waals surface area contributed by atoms with Gasteiger partial charge in [-0.3, -0.25) is 19.4 Å². The molecule has 8 nitrogen and oxygen atoms in total. The number of rotatable bonds is 3. The van der Waals surface area contributed by atoms with Crippen molar-refractivity contribution in [3.63, 3.8) is 0 Å². The van der Waals surface area contributed by atoms with Crippen LogP contribution >= 0.6 is 0 Å². The smallest absolute Gasteiger partial charge is 0.308 e. The van der Waals surface area contributed by atoms with E-state index in [2.05, 4.69) is 15.3 Å². The van der Waals surface area contributed by atoms with Crippen LogP contribution in [0.15, 0.2) is 6.07 Å². The van der Waals surface area contributed by atoms with Gasteiger partial charge in [0.25, 0.3) is 5.91 Å². The summed E-state index contributed by atoms with van der Waals surface area (Å²) in [5, 5.41) is 20.8. The molecular formula is C17H23N5O3. The van der Waals surface area contributed by atoms with Gasteiger partial charge in [-0.05, 0) is 39.7 Å². The number of piperidine rings is 1. The molecule has 2 N–H and O–H groups in total. The fourth-order valence-corrected chi connectivity index (χ4v) is 3.62. The normalized spacial score (nSPS) is 20.7. The van der Waals surface area contributed by atoms with Crippen LogP contribution < -0.4 is 0 Å². The summed E-state index contributed by atoms with van der Waals surface area (Å²) in [4.78, 5) is 25.8. The highest BCUT2D eigenvalue weighted by Crippen LogP contribution is 2.28. The average Bonchev–Trinajstić information content (AvgIpc) is 3.12. The Morgan fingerprint density at radius 1 is 1.36 bits per heavy atom. The molecule has 1 aliphatic heterocycles. The van der Waals surface area contributed by atoms with Crippen molar-refractivity contribution in [1.29, 1.82) is 0 Å². The maximum absolute atomic E-state index is 12.8. The van der Waals surface area contributed by atoms with E-state index >= 15 is 0 Å². The number of amides is 1. The highest BCUT2D eigenvalue weighted by atomic mass is 16.4. The van der Waals surface area contributed by atoms with Crippen LogP contribution in [-0.4, -0.2) is 54.4 Å². The third kappa shape index (κ3) is 2.92. The molecule has 0 radical (unpaired) electrons. The van der Waals surface area contributed by atoms with Gasteiger partial charge in [0.2, 0.25) is 0 Å². The predicted molar refractivity (Wildman–Crippen MR) is 91.1 cm³/mol. The van der Waals surface area contributed by atoms with Gasteiger partial charge >= 0.3 is 5.97 Å². The monoisotopic (exact) mass is 345 g/mol. The summed E-state index contributed by atoms with van der Waals surface area (Å²) in [6.07, 6.45) is 1.29. The number of nitrogens with one attached hydrogen (secondary N) is 1. The molecule has 8 heteroatoms. The third-order valence-electron chi connectivity index (χ3n) is 5.14. The number of H-pyrrole nitrogens is 1. The first-order valence-electron chi connectivity index (χ1n) is 8.41. The molecule has 0 bridgehead atoms. The van der Waals surface area contributed by atoms with Gasteiger partial charge in [0.05, 0.1) is 17.3 Å². The number of likely N-dealkylation sites (tertiary alicyclic amines) is 1. The molecule has 2 atom stereocenters. The summed E-state index contributed by atoms with van der Waals surface area (Å²) in [6, 6.07) is 1.38. The molecule has 0 aliphatic carbocycles. The molecule has 2 aromatic heterocycles. The minimum atomic E-state index is -0.850. The van der Waals surface area contributed by atoms with Gasteiger partial charge in [-0.25, -0.2) is 0 Å². The molecule has 1 aliphatic rings. The first-order valence-corrected chi connectivity index (χ1v) is 8.41. The van der Waals surface area contributed by atoms with Crippen molar-refractivity contribution in [2.75, 3.05) is 6.54 Å². The van der Waals surface area contributed by atoms with Gasteiger partial charge in [0.15, 0.2) is 0 Å². The van der Waals surface area contributed by atoms with Crippen LogP contribution in [0.25, 0.3) is 11.3 Å². The van der Waals surface area contributed by atoms with Crippen molar-refractivity contribution >= 4 is 11.9 Å². The molecule has 1 saturated heterocycles. The first-order chi connectivity index (χ1) is 11.8. The fourth-order valence-electron chi connectivity index (χ4n) is 3.62. The lowest BCUT2D eigenvalue weighted by Crippen LogP contribution is -2.49. The van der Waals surface area contributed by atoms with Crippen LogP contribution in [0.4, 0.5) is 0 Å². The van der Waals surface area contributed by atoms with Crippen molar-refractivity contribution in [1.82, 2.24) is 24.9 Å². The summed E-state index contributed by atoms with van der Waals surface area (Å²) < 4.78 is 1.78. The molecule has 134 valence electrons. The zero-order chi connectivity index (χ0) is 18.3. The van der Waals surface area contributed by atoms with Crippen LogP contribution in [0.1, 0.15) is 41.6 Å². The number of carboxylic acids is 1. The highest BCUT2D eigenvalue weighted by Gasteiger charge is 2.36. The number of aromatic nitrogens is 4. The van der Waals surface area contributed by atoms with Crippen molar-refractivity contribution < 1.29 is 14.7 Å². The van der Waals surface area contributed by atoms with Crippen molar-refractivity contribution in [3.8, 4) is 11.3 Å². The Bertz CT molecular complexity index is 822. The summed E-state index contributed by atoms with van der Waals surface area (Å²) in [5.74, 6) is -1.59. The van der Waals surface area contributed by atoms with Gasteiger partial charge in [0, 0.05) is 30.9 Å². The van der Waals surface area contributed by atoms with Crippen LogP contribution in [0.2, 0.25) is 0 Å². The van der Waals surface area contributed by atoms with E-state index in [0.29, 0.717) is 30.8 Å². The average molecular weight is 345 g/mol. The molecule has 1 fully saturated rings. The van der Waals surface area contributed by atoms with Crippen LogP contribution in [0.5, 0.6) is 0 Å². The number of aromatic amines is 1. The minimum Gasteiger partial charge on any atom is -0.481 e. The number of carbonyl (C=O) groups excluding carboxylic acids is 1. The van der Waals surface area contributed by atoms with Crippen LogP contribution in [0.3, 0.4) is 0 Å². The van der Waals surface area contributed by atoms with E-state index in [1.54, 1.807) is 22.6 Å². The second kappa shape index (κ2) is 6.34. The molecule has 0 spiro atoms. The first kappa shape index (κ1) is 17.2. The van der Waals surface area contributed by atoms with E-state index in [9.17, 15) is 14.7 Å². The number of carboxylic acid groups (broad SMARTS) is 1. The van der Waals surface area contributed by atoms with Crippen LogP contribution in [-0.2, 0) is 11.8 Å². The van der Waals surface area contributed by atoms with Crippen LogP contribution in [0, 0.1) is 19.8 Å². The molecule has 25 heavy (non-hydrogen) atoms. The molecule has 0 saturated carbocycles. The Balaban J connectivity index is 1.87. The number of aryl methyl sites for hydroxylation is 2. The second-order valence-electron chi connectivity index (χ2n) is 6.66. The molecular weight excluding hydrogens is 322 g/mol. The third-order valence-corrected chi connectivity index (χ3v) is 5.14. The van der Waals surface area contributed by atoms with E-state index in [1.807, 2.05) is 20.9 Å². The lowest BCUT2D eigenvalue weighted by Gasteiger charge is -2.37. The van der Waals surface area contributed by atoms with Crippen molar-refractivity contribution in [2.45, 2.75) is 39.7 Å². The molecule has 1 amide bonds. The van der Waals surface area contributed by atoms with E-state index < -0.39 is 11.9 Å². The van der Waals surface area contributed by atoms with Crippen molar-refractivity contribution in [3.05, 3.63) is 23.1 Å². The number of carbonyl (C=O) groups is 2. The Morgan fingerprint density at radius 3 is 2.68 bits per heavy atom. The summed E-state index contributed by atoms with van der Waals surface area (Å²) >= 11 is 0. The number of aliphatic carboxylic acids is 1. The van der Waals surface area contributed by atoms with Gasteiger partial charge in [-0.1, -0.05) is 0 Å². The quantitative estimate of drug-likeness (QED) is 0.882. The molecule has 3 rings (SSSR count). The zero-order valence-corrected chi connectivity index (χ0v) is 14.9. The Labute approximate surface area is 145 Å². The zero-order valence-electron chi connectivity index (χ0n) is 14.9. The molecule has 2 aromatic rings. The Kier molecular flexibility index (Phi) is 4.36.